The van der Waals surface area contributed by atoms with Gasteiger partial charge < -0.3 is 10.4 Å². The number of nitro groups is 1. The van der Waals surface area contributed by atoms with Crippen LogP contribution in [0, 0.1) is 37.8 Å². The topological polar surface area (TPSA) is 122 Å². The predicted molar refractivity (Wildman–Crippen MR) is 97.0 cm³/mol. The van der Waals surface area contributed by atoms with Crippen molar-refractivity contribution in [2.24, 2.45) is 0 Å². The van der Waals surface area contributed by atoms with E-state index in [-0.39, 0.29) is 16.1 Å². The standard InChI is InChI=1S/C17H19N3O5S/c1-7-6-8(2)13(20(24)25)9(3)12(7)15(21)18-11(5)16-19-10(4)14(26-16)17(22)23/h6,11H,1-5H3,(H,18,21)(H,22,23). The van der Waals surface area contributed by atoms with Crippen molar-refractivity contribution in [3.8, 4) is 0 Å². The lowest BCUT2D eigenvalue weighted by Crippen LogP contribution is -2.28. The quantitative estimate of drug-likeness (QED) is 0.607. The summed E-state index contributed by atoms with van der Waals surface area (Å²) in [6.07, 6.45) is 0. The molecule has 26 heavy (non-hydrogen) atoms. The molecule has 0 radical (unpaired) electrons. The molecule has 9 heteroatoms. The van der Waals surface area contributed by atoms with Crippen LogP contribution in [0.3, 0.4) is 0 Å². The van der Waals surface area contributed by atoms with Gasteiger partial charge in [0.1, 0.15) is 9.88 Å². The van der Waals surface area contributed by atoms with Crippen LogP contribution in [0.25, 0.3) is 0 Å². The minimum atomic E-state index is -1.06. The van der Waals surface area contributed by atoms with E-state index in [0.717, 1.165) is 11.3 Å². The number of nitrogens with zero attached hydrogens (tertiary/aromatic N) is 2. The van der Waals surface area contributed by atoms with Gasteiger partial charge in [0.2, 0.25) is 0 Å². The second kappa shape index (κ2) is 7.20. The third kappa shape index (κ3) is 3.57. The van der Waals surface area contributed by atoms with Crippen LogP contribution in [0.15, 0.2) is 6.07 Å². The van der Waals surface area contributed by atoms with Crippen LogP contribution in [0.5, 0.6) is 0 Å². The Balaban J connectivity index is 2.36. The average Bonchev–Trinajstić information content (AvgIpc) is 2.88. The average molecular weight is 377 g/mol. The van der Waals surface area contributed by atoms with Crippen molar-refractivity contribution in [3.05, 3.63) is 54.0 Å². The largest absolute Gasteiger partial charge is 0.477 e. The van der Waals surface area contributed by atoms with Gasteiger partial charge in [-0.15, -0.1) is 11.3 Å². The monoisotopic (exact) mass is 377 g/mol. The van der Waals surface area contributed by atoms with Gasteiger partial charge in [-0.25, -0.2) is 9.78 Å². The number of carboxylic acids is 1. The number of aromatic nitrogens is 1. The number of carbonyl (C=O) groups excluding carboxylic acids is 1. The van der Waals surface area contributed by atoms with Crippen molar-refractivity contribution in [1.82, 2.24) is 10.3 Å². The maximum atomic E-state index is 12.7. The van der Waals surface area contributed by atoms with Crippen LogP contribution >= 0.6 is 11.3 Å². The Labute approximate surface area is 154 Å². The fraction of sp³-hybridized carbons (Fsp3) is 0.353. The molecule has 0 aliphatic rings. The molecule has 1 aromatic heterocycles. The summed E-state index contributed by atoms with van der Waals surface area (Å²) in [6.45, 7) is 8.19. The molecule has 1 unspecified atom stereocenters. The second-order valence-corrected chi connectivity index (χ2v) is 7.11. The number of carboxylic acid groups (broad SMARTS) is 1. The summed E-state index contributed by atoms with van der Waals surface area (Å²) in [5.74, 6) is -1.52. The van der Waals surface area contributed by atoms with Crippen molar-refractivity contribution >= 4 is 28.9 Å². The van der Waals surface area contributed by atoms with Gasteiger partial charge >= 0.3 is 5.97 Å². The van der Waals surface area contributed by atoms with Gasteiger partial charge in [-0.1, -0.05) is 0 Å². The van der Waals surface area contributed by atoms with Crippen LogP contribution in [0.4, 0.5) is 5.69 Å². The molecule has 2 N–H and O–H groups in total. The number of amides is 1. The first kappa shape index (κ1) is 19.5. The van der Waals surface area contributed by atoms with E-state index in [1.54, 1.807) is 40.7 Å². The maximum absolute atomic E-state index is 12.7. The molecule has 0 spiro atoms. The van der Waals surface area contributed by atoms with E-state index in [1.807, 2.05) is 0 Å². The predicted octanol–water partition coefficient (Wildman–Crippen LogP) is 3.47. The minimum absolute atomic E-state index is 0.0772. The first-order valence-corrected chi connectivity index (χ1v) is 8.62. The molecule has 2 aromatic rings. The number of carbonyl (C=O) groups is 2. The number of nitro benzene ring substituents is 1. The summed E-state index contributed by atoms with van der Waals surface area (Å²) >= 11 is 0.998. The second-order valence-electron chi connectivity index (χ2n) is 6.08. The molecule has 0 saturated heterocycles. The zero-order chi connectivity index (χ0) is 19.8. The molecule has 0 saturated carbocycles. The van der Waals surface area contributed by atoms with Crippen molar-refractivity contribution in [2.45, 2.75) is 40.7 Å². The van der Waals surface area contributed by atoms with Crippen LogP contribution in [-0.4, -0.2) is 26.9 Å². The lowest BCUT2D eigenvalue weighted by Gasteiger charge is -2.15. The zero-order valence-electron chi connectivity index (χ0n) is 15.0. The normalized spacial score (nSPS) is 11.9. The van der Waals surface area contributed by atoms with Crippen LogP contribution < -0.4 is 5.32 Å². The summed E-state index contributed by atoms with van der Waals surface area (Å²) in [6, 6.07) is 1.08. The molecule has 138 valence electrons. The van der Waals surface area contributed by atoms with E-state index in [1.165, 1.54) is 0 Å². The summed E-state index contributed by atoms with van der Waals surface area (Å²) in [5.41, 5.74) is 2.00. The Kier molecular flexibility index (Phi) is 5.41. The van der Waals surface area contributed by atoms with E-state index in [9.17, 15) is 19.7 Å². The number of nitrogens with one attached hydrogen (secondary N) is 1. The summed E-state index contributed by atoms with van der Waals surface area (Å²) in [5, 5.41) is 23.6. The smallest absolute Gasteiger partial charge is 0.347 e. The maximum Gasteiger partial charge on any atom is 0.347 e. The van der Waals surface area contributed by atoms with E-state index < -0.39 is 22.8 Å². The van der Waals surface area contributed by atoms with Gasteiger partial charge in [0.15, 0.2) is 0 Å². The molecule has 0 aliphatic carbocycles. The van der Waals surface area contributed by atoms with Crippen molar-refractivity contribution in [2.75, 3.05) is 0 Å². The number of benzene rings is 1. The molecular weight excluding hydrogens is 358 g/mol. The van der Waals surface area contributed by atoms with Gasteiger partial charge in [-0.05, 0) is 46.2 Å². The van der Waals surface area contributed by atoms with Crippen LogP contribution in [0.1, 0.15) is 60.4 Å². The summed E-state index contributed by atoms with van der Waals surface area (Å²) < 4.78 is 0. The fourth-order valence-electron chi connectivity index (χ4n) is 2.94. The molecule has 1 atom stereocenters. The minimum Gasteiger partial charge on any atom is -0.477 e. The van der Waals surface area contributed by atoms with Crippen molar-refractivity contribution in [3.63, 3.8) is 0 Å². The number of hydrogen-bond donors (Lipinski definition) is 2. The fourth-order valence-corrected chi connectivity index (χ4v) is 3.85. The Bertz CT molecular complexity index is 920. The van der Waals surface area contributed by atoms with E-state index in [4.69, 9.17) is 5.11 Å². The lowest BCUT2D eigenvalue weighted by molar-refractivity contribution is -0.386. The molecule has 1 amide bonds. The van der Waals surface area contributed by atoms with E-state index in [2.05, 4.69) is 10.3 Å². The highest BCUT2D eigenvalue weighted by Crippen LogP contribution is 2.30. The molecule has 0 aliphatic heterocycles. The van der Waals surface area contributed by atoms with Gasteiger partial charge in [0, 0.05) is 11.1 Å². The Hall–Kier alpha value is -2.81. The van der Waals surface area contributed by atoms with Gasteiger partial charge in [-0.3, -0.25) is 14.9 Å². The molecule has 2 rings (SSSR count). The molecule has 1 heterocycles. The molecule has 8 nitrogen and oxygen atoms in total. The van der Waals surface area contributed by atoms with Gasteiger partial charge in [0.25, 0.3) is 11.6 Å². The highest BCUT2D eigenvalue weighted by molar-refractivity contribution is 7.13. The lowest BCUT2D eigenvalue weighted by atomic mass is 9.96. The van der Waals surface area contributed by atoms with Gasteiger partial charge in [0.05, 0.1) is 22.2 Å². The Morgan fingerprint density at radius 1 is 1.27 bits per heavy atom. The third-order valence-corrected chi connectivity index (χ3v) is 5.39. The van der Waals surface area contributed by atoms with Crippen molar-refractivity contribution < 1.29 is 19.6 Å². The van der Waals surface area contributed by atoms with Crippen LogP contribution in [0.2, 0.25) is 0 Å². The highest BCUT2D eigenvalue weighted by atomic mass is 32.1. The highest BCUT2D eigenvalue weighted by Gasteiger charge is 2.26. The Morgan fingerprint density at radius 3 is 2.38 bits per heavy atom. The first-order valence-electron chi connectivity index (χ1n) is 7.81. The Morgan fingerprint density at radius 2 is 1.88 bits per heavy atom. The van der Waals surface area contributed by atoms with Crippen LogP contribution in [-0.2, 0) is 0 Å². The molecular formula is C17H19N3O5S. The zero-order valence-corrected chi connectivity index (χ0v) is 15.9. The molecule has 1 aromatic carbocycles. The molecule has 0 bridgehead atoms. The molecule has 0 fully saturated rings. The first-order chi connectivity index (χ1) is 12.0. The summed E-state index contributed by atoms with van der Waals surface area (Å²) in [4.78, 5) is 39.0. The number of aromatic carboxylic acids is 1. The summed E-state index contributed by atoms with van der Waals surface area (Å²) in [7, 11) is 0. The number of rotatable bonds is 5. The van der Waals surface area contributed by atoms with E-state index >= 15 is 0 Å². The van der Waals surface area contributed by atoms with Gasteiger partial charge in [-0.2, -0.15) is 0 Å². The number of thiazole rings is 1. The number of hydrogen-bond acceptors (Lipinski definition) is 6. The van der Waals surface area contributed by atoms with Crippen molar-refractivity contribution in [1.29, 1.82) is 0 Å². The number of aryl methyl sites for hydroxylation is 3. The SMILES string of the molecule is Cc1cc(C)c([N+](=O)[O-])c(C)c1C(=O)NC(C)c1nc(C)c(C(=O)O)s1. The third-order valence-electron chi connectivity index (χ3n) is 4.07. The van der Waals surface area contributed by atoms with E-state index in [0.29, 0.717) is 27.4 Å².